The summed E-state index contributed by atoms with van der Waals surface area (Å²) in [6, 6.07) is 55.3. The number of hydrogen-bond acceptors (Lipinski definition) is 3. The van der Waals surface area contributed by atoms with Crippen LogP contribution in [0.25, 0.3) is 89.2 Å². The molecule has 0 N–H and O–H groups in total. The Kier molecular flexibility index (Phi) is 5.96. The molecule has 0 spiro atoms. The molecule has 0 bridgehead atoms. The Bertz CT molecular complexity index is 2950. The van der Waals surface area contributed by atoms with E-state index in [0.717, 1.165) is 66.0 Å². The van der Waals surface area contributed by atoms with E-state index in [2.05, 4.69) is 53.1 Å². The molecule has 0 atom stereocenters. The zero-order valence-electron chi connectivity index (χ0n) is 28.8. The van der Waals surface area contributed by atoms with Crippen LogP contribution in [-0.4, -0.2) is 24.1 Å². The van der Waals surface area contributed by atoms with Gasteiger partial charge in [0, 0.05) is 38.4 Å². The van der Waals surface area contributed by atoms with E-state index in [9.17, 15) is 2.74 Å². The monoisotopic (exact) mass is 641 g/mol. The number of nitrogens with zero attached hydrogens (tertiary/aromatic N) is 5. The quantitative estimate of drug-likeness (QED) is 0.188. The molecule has 7 aromatic carbocycles. The van der Waals surface area contributed by atoms with Gasteiger partial charge in [0.1, 0.15) is 0 Å². The van der Waals surface area contributed by atoms with Crippen LogP contribution < -0.4 is 0 Å². The van der Waals surface area contributed by atoms with E-state index in [1.54, 1.807) is 0 Å². The van der Waals surface area contributed by atoms with Crippen molar-refractivity contribution in [2.24, 2.45) is 0 Å². The van der Waals surface area contributed by atoms with Gasteiger partial charge in [-0.05, 0) is 41.4 Å². The van der Waals surface area contributed by atoms with Gasteiger partial charge in [-0.2, -0.15) is 9.97 Å². The van der Waals surface area contributed by atoms with Crippen LogP contribution in [0, 0.1) is 0 Å². The maximum atomic E-state index is 9.63. The Morgan fingerprint density at radius 3 is 1.56 bits per heavy atom. The van der Waals surface area contributed by atoms with Gasteiger partial charge in [0.05, 0.1) is 24.8 Å². The van der Waals surface area contributed by atoms with Crippen LogP contribution in [0.5, 0.6) is 0 Å². The van der Waals surface area contributed by atoms with Crippen LogP contribution in [0.2, 0.25) is 0 Å². The van der Waals surface area contributed by atoms with Crippen molar-refractivity contribution >= 4 is 43.6 Å². The first-order chi connectivity index (χ1) is 25.7. The Morgan fingerprint density at radius 1 is 0.380 bits per heavy atom. The fourth-order valence-corrected chi connectivity index (χ4v) is 7.13. The standard InChI is InChI=1S/C45H29N5/c1-4-14-30(15-5-1)31-24-26-33(27-25-31)44-46-43(32-16-6-2-7-17-32)47-45(48-44)50-39-23-13-11-21-37(39)41-40(50)29-28-36-35-20-10-12-22-38(35)49(42(36)41)34-18-8-3-9-19-34/h1-29H/i28D,29D. The molecule has 0 aliphatic rings. The summed E-state index contributed by atoms with van der Waals surface area (Å²) in [7, 11) is 0. The lowest BCUT2D eigenvalue weighted by molar-refractivity contribution is 0.953. The summed E-state index contributed by atoms with van der Waals surface area (Å²) in [4.78, 5) is 15.2. The minimum atomic E-state index is 0.116. The maximum Gasteiger partial charge on any atom is 0.238 e. The van der Waals surface area contributed by atoms with Gasteiger partial charge in [-0.25, -0.2) is 4.98 Å². The number of hydrogen-bond donors (Lipinski definition) is 0. The van der Waals surface area contributed by atoms with Crippen LogP contribution in [0.4, 0.5) is 0 Å². The summed E-state index contributed by atoms with van der Waals surface area (Å²) in [6.45, 7) is 0. The van der Waals surface area contributed by atoms with E-state index < -0.39 is 0 Å². The van der Waals surface area contributed by atoms with Gasteiger partial charge in [-0.3, -0.25) is 4.57 Å². The normalized spacial score (nSPS) is 12.2. The average molecular weight is 642 g/mol. The molecular formula is C45H29N5. The Labute approximate surface area is 291 Å². The number of fused-ring (bicyclic) bond motifs is 7. The van der Waals surface area contributed by atoms with Crippen molar-refractivity contribution in [1.29, 1.82) is 0 Å². The van der Waals surface area contributed by atoms with Crippen molar-refractivity contribution in [3.05, 3.63) is 176 Å². The largest absolute Gasteiger partial charge is 0.309 e. The fraction of sp³-hybridized carbons (Fsp3) is 0. The molecule has 10 aromatic rings. The Hall–Kier alpha value is -6.85. The smallest absolute Gasteiger partial charge is 0.238 e. The second-order valence-electron chi connectivity index (χ2n) is 12.3. The molecule has 10 rings (SSSR count). The lowest BCUT2D eigenvalue weighted by Gasteiger charge is -2.11. The third-order valence-electron chi connectivity index (χ3n) is 9.41. The summed E-state index contributed by atoms with van der Waals surface area (Å²) >= 11 is 0. The van der Waals surface area contributed by atoms with E-state index >= 15 is 0 Å². The first-order valence-corrected chi connectivity index (χ1v) is 16.6. The van der Waals surface area contributed by atoms with E-state index in [1.807, 2.05) is 120 Å². The van der Waals surface area contributed by atoms with Crippen molar-refractivity contribution in [2.75, 3.05) is 0 Å². The van der Waals surface area contributed by atoms with Gasteiger partial charge in [0.2, 0.25) is 5.95 Å². The zero-order chi connectivity index (χ0) is 34.8. The van der Waals surface area contributed by atoms with Crippen molar-refractivity contribution in [3.8, 4) is 45.5 Å². The lowest BCUT2D eigenvalue weighted by Crippen LogP contribution is -2.06. The SMILES string of the molecule is [2H]c1c([2H])c2c(c3ccccc3n2-c2nc(-c3ccccc3)nc(-c3ccc(-c4ccccc4)cc3)n2)c2c1c1ccccc1n2-c1ccccc1. The molecule has 0 saturated heterocycles. The molecule has 234 valence electrons. The highest BCUT2D eigenvalue weighted by Gasteiger charge is 2.22. The molecule has 0 fully saturated rings. The topological polar surface area (TPSA) is 48.5 Å². The maximum absolute atomic E-state index is 9.63. The van der Waals surface area contributed by atoms with Crippen molar-refractivity contribution in [1.82, 2.24) is 24.1 Å². The molecule has 0 radical (unpaired) electrons. The van der Waals surface area contributed by atoms with Crippen LogP contribution in [0.15, 0.2) is 176 Å². The van der Waals surface area contributed by atoms with Gasteiger partial charge in [0.15, 0.2) is 11.6 Å². The molecule has 50 heavy (non-hydrogen) atoms. The number of aromatic nitrogens is 5. The molecule has 5 heteroatoms. The summed E-state index contributed by atoms with van der Waals surface area (Å²) in [5.41, 5.74) is 8.21. The molecule has 0 amide bonds. The minimum absolute atomic E-state index is 0.116. The van der Waals surface area contributed by atoms with Crippen molar-refractivity contribution < 1.29 is 2.74 Å². The van der Waals surface area contributed by atoms with Crippen LogP contribution in [-0.2, 0) is 0 Å². The van der Waals surface area contributed by atoms with Crippen molar-refractivity contribution in [3.63, 3.8) is 0 Å². The molecule has 0 aliphatic carbocycles. The average Bonchev–Trinajstić information content (AvgIpc) is 3.75. The molecule has 0 aliphatic heterocycles. The zero-order valence-corrected chi connectivity index (χ0v) is 26.8. The number of para-hydroxylation sites is 3. The minimum Gasteiger partial charge on any atom is -0.309 e. The highest BCUT2D eigenvalue weighted by Crippen LogP contribution is 2.41. The van der Waals surface area contributed by atoms with Crippen molar-refractivity contribution in [2.45, 2.75) is 0 Å². The Morgan fingerprint density at radius 2 is 0.880 bits per heavy atom. The summed E-state index contributed by atoms with van der Waals surface area (Å²) in [6.07, 6.45) is 0. The predicted molar refractivity (Wildman–Crippen MR) is 205 cm³/mol. The lowest BCUT2D eigenvalue weighted by atomic mass is 10.0. The first kappa shape index (κ1) is 26.1. The fourth-order valence-electron chi connectivity index (χ4n) is 7.13. The second-order valence-corrected chi connectivity index (χ2v) is 12.3. The third kappa shape index (κ3) is 4.45. The second kappa shape index (κ2) is 11.4. The molecule has 0 saturated carbocycles. The highest BCUT2D eigenvalue weighted by molar-refractivity contribution is 6.26. The van der Waals surface area contributed by atoms with Crippen LogP contribution >= 0.6 is 0 Å². The van der Waals surface area contributed by atoms with E-state index in [-0.39, 0.29) is 12.1 Å². The van der Waals surface area contributed by atoms with Gasteiger partial charge in [-0.1, -0.05) is 146 Å². The molecule has 5 nitrogen and oxygen atoms in total. The van der Waals surface area contributed by atoms with E-state index in [0.29, 0.717) is 23.1 Å². The predicted octanol–water partition coefficient (Wildman–Crippen LogP) is 11.1. The third-order valence-corrected chi connectivity index (χ3v) is 9.41. The van der Waals surface area contributed by atoms with E-state index in [1.165, 1.54) is 0 Å². The number of rotatable bonds is 5. The molecule has 3 heterocycles. The molecular weight excluding hydrogens is 611 g/mol. The summed E-state index contributed by atoms with van der Waals surface area (Å²) in [5.74, 6) is 1.43. The Balaban J connectivity index is 1.31. The molecule has 3 aromatic heterocycles. The summed E-state index contributed by atoms with van der Waals surface area (Å²) < 4.78 is 23.4. The van der Waals surface area contributed by atoms with Gasteiger partial charge in [0.25, 0.3) is 0 Å². The van der Waals surface area contributed by atoms with Gasteiger partial charge < -0.3 is 4.57 Å². The first-order valence-electron chi connectivity index (χ1n) is 17.6. The van der Waals surface area contributed by atoms with E-state index in [4.69, 9.17) is 15.0 Å². The summed E-state index contributed by atoms with van der Waals surface area (Å²) in [5, 5.41) is 3.51. The number of benzene rings is 7. The molecule has 0 unspecified atom stereocenters. The van der Waals surface area contributed by atoms with Crippen LogP contribution in [0.3, 0.4) is 0 Å². The highest BCUT2D eigenvalue weighted by atomic mass is 15.2. The van der Waals surface area contributed by atoms with Gasteiger partial charge in [-0.15, -0.1) is 0 Å². The van der Waals surface area contributed by atoms with Gasteiger partial charge >= 0.3 is 0 Å². The van der Waals surface area contributed by atoms with Crippen LogP contribution in [0.1, 0.15) is 2.74 Å².